The topological polar surface area (TPSA) is 90.4 Å². The molecule has 1 aliphatic rings. The molecule has 1 aromatic carbocycles. The van der Waals surface area contributed by atoms with Crippen LogP contribution in [0.3, 0.4) is 0 Å². The molecule has 0 unspecified atom stereocenters. The first-order valence-electron chi connectivity index (χ1n) is 8.15. The lowest BCUT2D eigenvalue weighted by molar-refractivity contribution is 0.579. The van der Waals surface area contributed by atoms with Gasteiger partial charge in [0.25, 0.3) is 0 Å². The number of benzene rings is 1. The maximum atomic E-state index is 4.49. The van der Waals surface area contributed by atoms with E-state index in [0.717, 1.165) is 38.3 Å². The fourth-order valence-corrected chi connectivity index (χ4v) is 2.36. The van der Waals surface area contributed by atoms with Gasteiger partial charge in [-0.05, 0) is 12.5 Å². The van der Waals surface area contributed by atoms with Crippen LogP contribution >= 0.6 is 0 Å². The summed E-state index contributed by atoms with van der Waals surface area (Å²) in [4.78, 5) is 15.5. The number of hydrogen-bond donors (Lipinski definition) is 3. The van der Waals surface area contributed by atoms with Gasteiger partial charge < -0.3 is 15.5 Å². The first-order valence-corrected chi connectivity index (χ1v) is 8.15. The van der Waals surface area contributed by atoms with E-state index in [4.69, 9.17) is 0 Å². The summed E-state index contributed by atoms with van der Waals surface area (Å²) >= 11 is 0. The molecule has 8 heteroatoms. The molecule has 0 bridgehead atoms. The van der Waals surface area contributed by atoms with Crippen LogP contribution in [0.5, 0.6) is 0 Å². The highest BCUT2D eigenvalue weighted by molar-refractivity contribution is 5.79. The van der Waals surface area contributed by atoms with Crippen LogP contribution in [0.4, 0.5) is 17.8 Å². The lowest BCUT2D eigenvalue weighted by atomic mass is 10.2. The molecule has 2 heterocycles. The van der Waals surface area contributed by atoms with Crippen LogP contribution in [0, 0.1) is 0 Å². The minimum Gasteiger partial charge on any atom is -0.354 e. The van der Waals surface area contributed by atoms with Gasteiger partial charge >= 0.3 is 0 Å². The van der Waals surface area contributed by atoms with Crippen molar-refractivity contribution in [2.75, 3.05) is 48.4 Å². The zero-order chi connectivity index (χ0) is 16.6. The second-order valence-corrected chi connectivity index (χ2v) is 5.33. The van der Waals surface area contributed by atoms with Crippen molar-refractivity contribution < 1.29 is 0 Å². The molecular weight excluding hydrogens is 304 g/mol. The zero-order valence-electron chi connectivity index (χ0n) is 13.7. The molecule has 126 valence electrons. The average molecular weight is 326 g/mol. The van der Waals surface area contributed by atoms with Crippen molar-refractivity contribution in [3.05, 3.63) is 35.9 Å². The molecule has 1 saturated heterocycles. The summed E-state index contributed by atoms with van der Waals surface area (Å²) in [5.41, 5.74) is 3.90. The van der Waals surface area contributed by atoms with E-state index in [1.807, 2.05) is 37.3 Å². The maximum Gasteiger partial charge on any atom is 0.250 e. The molecule has 0 radical (unpaired) electrons. The van der Waals surface area contributed by atoms with Gasteiger partial charge in [-0.3, -0.25) is 0 Å². The molecule has 0 spiro atoms. The Labute approximate surface area is 141 Å². The van der Waals surface area contributed by atoms with E-state index >= 15 is 0 Å². The molecule has 1 aliphatic heterocycles. The van der Waals surface area contributed by atoms with Crippen molar-refractivity contribution in [3.8, 4) is 0 Å². The summed E-state index contributed by atoms with van der Waals surface area (Å²) < 4.78 is 0. The number of hydrogen-bond acceptors (Lipinski definition) is 8. The van der Waals surface area contributed by atoms with Crippen LogP contribution in [-0.4, -0.2) is 53.9 Å². The van der Waals surface area contributed by atoms with Gasteiger partial charge in [0, 0.05) is 32.7 Å². The Morgan fingerprint density at radius 3 is 2.62 bits per heavy atom. The number of hydrazone groups is 1. The van der Waals surface area contributed by atoms with E-state index in [1.165, 1.54) is 0 Å². The molecule has 2 aromatic rings. The summed E-state index contributed by atoms with van der Waals surface area (Å²) in [6.07, 6.45) is 1.74. The number of piperazine rings is 1. The van der Waals surface area contributed by atoms with E-state index < -0.39 is 0 Å². The van der Waals surface area contributed by atoms with Crippen molar-refractivity contribution in [2.24, 2.45) is 5.10 Å². The Hall–Kier alpha value is -2.74. The van der Waals surface area contributed by atoms with Gasteiger partial charge in [0.1, 0.15) is 0 Å². The van der Waals surface area contributed by atoms with Gasteiger partial charge in [-0.25, -0.2) is 5.43 Å². The average Bonchev–Trinajstić information content (AvgIpc) is 2.63. The van der Waals surface area contributed by atoms with Gasteiger partial charge in [0.05, 0.1) is 6.21 Å². The highest BCUT2D eigenvalue weighted by atomic mass is 15.4. The van der Waals surface area contributed by atoms with Crippen molar-refractivity contribution in [1.29, 1.82) is 0 Å². The summed E-state index contributed by atoms with van der Waals surface area (Å²) in [6.45, 7) is 6.37. The molecule has 0 amide bonds. The highest BCUT2D eigenvalue weighted by Gasteiger charge is 2.15. The van der Waals surface area contributed by atoms with E-state index in [0.29, 0.717) is 17.8 Å². The Balaban J connectivity index is 1.75. The molecule has 0 saturated carbocycles. The Morgan fingerprint density at radius 1 is 1.12 bits per heavy atom. The fourth-order valence-electron chi connectivity index (χ4n) is 2.36. The number of nitrogens with zero attached hydrogens (tertiary/aromatic N) is 5. The third kappa shape index (κ3) is 4.39. The van der Waals surface area contributed by atoms with Crippen LogP contribution in [0.2, 0.25) is 0 Å². The third-order valence-corrected chi connectivity index (χ3v) is 3.54. The second-order valence-electron chi connectivity index (χ2n) is 5.33. The second kappa shape index (κ2) is 8.21. The molecule has 24 heavy (non-hydrogen) atoms. The predicted molar refractivity (Wildman–Crippen MR) is 96.7 cm³/mol. The van der Waals surface area contributed by atoms with Crippen molar-refractivity contribution >= 4 is 24.1 Å². The van der Waals surface area contributed by atoms with Gasteiger partial charge in [0.15, 0.2) is 0 Å². The van der Waals surface area contributed by atoms with Crippen LogP contribution in [-0.2, 0) is 0 Å². The van der Waals surface area contributed by atoms with Gasteiger partial charge in [-0.15, -0.1) is 0 Å². The molecular formula is C16H22N8. The fraction of sp³-hybridized carbons (Fsp3) is 0.375. The lowest BCUT2D eigenvalue weighted by Crippen LogP contribution is -2.44. The zero-order valence-corrected chi connectivity index (χ0v) is 13.7. The van der Waals surface area contributed by atoms with Crippen molar-refractivity contribution in [1.82, 2.24) is 20.3 Å². The van der Waals surface area contributed by atoms with E-state index in [-0.39, 0.29) is 0 Å². The van der Waals surface area contributed by atoms with Crippen LogP contribution < -0.4 is 21.0 Å². The van der Waals surface area contributed by atoms with Gasteiger partial charge in [-0.1, -0.05) is 30.3 Å². The highest BCUT2D eigenvalue weighted by Crippen LogP contribution is 2.14. The van der Waals surface area contributed by atoms with Crippen molar-refractivity contribution in [2.45, 2.75) is 6.92 Å². The van der Waals surface area contributed by atoms with Crippen LogP contribution in [0.25, 0.3) is 0 Å². The first kappa shape index (κ1) is 16.1. The quantitative estimate of drug-likeness (QED) is 0.542. The Bertz CT molecular complexity index is 667. The predicted octanol–water partition coefficient (Wildman–Crippen LogP) is 1.16. The summed E-state index contributed by atoms with van der Waals surface area (Å²) in [7, 11) is 0. The first-order chi connectivity index (χ1) is 11.8. The SMILES string of the molecule is CCNc1nc(N/N=C/c2ccccc2)nc(N2CCNCC2)n1. The molecule has 0 aliphatic carbocycles. The minimum atomic E-state index is 0.432. The lowest BCUT2D eigenvalue weighted by Gasteiger charge is -2.27. The number of anilines is 3. The number of nitrogens with one attached hydrogen (secondary N) is 3. The maximum absolute atomic E-state index is 4.49. The van der Waals surface area contributed by atoms with E-state index in [2.05, 4.69) is 41.0 Å². The minimum absolute atomic E-state index is 0.432. The number of aromatic nitrogens is 3. The third-order valence-electron chi connectivity index (χ3n) is 3.54. The molecule has 3 rings (SSSR count). The summed E-state index contributed by atoms with van der Waals surface area (Å²) in [6, 6.07) is 9.87. The van der Waals surface area contributed by atoms with E-state index in [9.17, 15) is 0 Å². The van der Waals surface area contributed by atoms with Gasteiger partial charge in [0.2, 0.25) is 17.8 Å². The molecule has 3 N–H and O–H groups in total. The molecule has 1 fully saturated rings. The monoisotopic (exact) mass is 326 g/mol. The standard InChI is InChI=1S/C16H22N8/c1-2-18-14-20-15(23-19-12-13-6-4-3-5-7-13)22-16(21-14)24-10-8-17-9-11-24/h3-7,12,17H,2,8-11H2,1H3,(H2,18,20,21,22,23)/b19-12+. The Morgan fingerprint density at radius 2 is 1.88 bits per heavy atom. The Kier molecular flexibility index (Phi) is 5.52. The summed E-state index contributed by atoms with van der Waals surface area (Å²) in [5.74, 6) is 1.65. The number of rotatable bonds is 6. The van der Waals surface area contributed by atoms with E-state index in [1.54, 1.807) is 6.21 Å². The molecule has 8 nitrogen and oxygen atoms in total. The van der Waals surface area contributed by atoms with Crippen molar-refractivity contribution in [3.63, 3.8) is 0 Å². The molecule has 0 atom stereocenters. The largest absolute Gasteiger partial charge is 0.354 e. The summed E-state index contributed by atoms with van der Waals surface area (Å²) in [5, 5.41) is 10.7. The van der Waals surface area contributed by atoms with Gasteiger partial charge in [-0.2, -0.15) is 20.1 Å². The molecule has 1 aromatic heterocycles. The van der Waals surface area contributed by atoms with Crippen LogP contribution in [0.15, 0.2) is 35.4 Å². The smallest absolute Gasteiger partial charge is 0.250 e. The normalized spacial score (nSPS) is 14.8. The van der Waals surface area contributed by atoms with Crippen LogP contribution in [0.1, 0.15) is 12.5 Å².